The second kappa shape index (κ2) is 4.43. The zero-order valence-corrected chi connectivity index (χ0v) is 8.54. The number of hydrogen-bond donors (Lipinski definition) is 1. The fraction of sp³-hybridized carbons (Fsp3) is 1.00. The van der Waals surface area contributed by atoms with Crippen molar-refractivity contribution >= 4 is 0 Å². The van der Waals surface area contributed by atoms with Gasteiger partial charge in [-0.2, -0.15) is 0 Å². The molecule has 1 saturated carbocycles. The highest BCUT2D eigenvalue weighted by atomic mass is 15.2. The van der Waals surface area contributed by atoms with Crippen LogP contribution in [0.1, 0.15) is 38.5 Å². The highest BCUT2D eigenvalue weighted by Crippen LogP contribution is 2.27. The molecule has 0 amide bonds. The largest absolute Gasteiger partial charge is 0.330 e. The first-order valence-electron chi connectivity index (χ1n) is 5.84. The van der Waals surface area contributed by atoms with Crippen LogP contribution in [-0.2, 0) is 0 Å². The Kier molecular flexibility index (Phi) is 3.23. The third-order valence-electron chi connectivity index (χ3n) is 3.72. The van der Waals surface area contributed by atoms with Gasteiger partial charge in [-0.05, 0) is 44.7 Å². The highest BCUT2D eigenvalue weighted by molar-refractivity contribution is 4.82. The van der Waals surface area contributed by atoms with E-state index >= 15 is 0 Å². The lowest BCUT2D eigenvalue weighted by Crippen LogP contribution is -2.43. The third kappa shape index (κ3) is 2.23. The maximum atomic E-state index is 5.74. The summed E-state index contributed by atoms with van der Waals surface area (Å²) in [4.78, 5) is 2.70. The second-order valence-corrected chi connectivity index (χ2v) is 4.68. The van der Waals surface area contributed by atoms with Crippen LogP contribution >= 0.6 is 0 Å². The Hall–Kier alpha value is -0.0800. The topological polar surface area (TPSA) is 29.3 Å². The molecule has 1 saturated heterocycles. The van der Waals surface area contributed by atoms with Gasteiger partial charge in [-0.1, -0.05) is 12.8 Å². The van der Waals surface area contributed by atoms with E-state index in [4.69, 9.17) is 5.73 Å². The van der Waals surface area contributed by atoms with Gasteiger partial charge in [0.1, 0.15) is 0 Å². The molecule has 0 aromatic heterocycles. The monoisotopic (exact) mass is 182 g/mol. The fourth-order valence-corrected chi connectivity index (χ4v) is 2.89. The van der Waals surface area contributed by atoms with Crippen LogP contribution in [0.15, 0.2) is 0 Å². The number of nitrogens with zero attached hydrogens (tertiary/aromatic N) is 1. The number of likely N-dealkylation sites (tertiary alicyclic amines) is 1. The lowest BCUT2D eigenvalue weighted by Gasteiger charge is -2.36. The molecule has 2 nitrogen and oxygen atoms in total. The first kappa shape index (κ1) is 9.47. The van der Waals surface area contributed by atoms with Gasteiger partial charge in [-0.3, -0.25) is 0 Å². The zero-order valence-electron chi connectivity index (χ0n) is 8.54. The average molecular weight is 182 g/mol. The van der Waals surface area contributed by atoms with Crippen LogP contribution in [0.4, 0.5) is 0 Å². The van der Waals surface area contributed by atoms with Crippen LogP contribution in [0.5, 0.6) is 0 Å². The Labute approximate surface area is 81.5 Å². The van der Waals surface area contributed by atoms with Crippen LogP contribution in [-0.4, -0.2) is 30.6 Å². The van der Waals surface area contributed by atoms with E-state index in [-0.39, 0.29) is 0 Å². The van der Waals surface area contributed by atoms with Crippen molar-refractivity contribution in [3.8, 4) is 0 Å². The van der Waals surface area contributed by atoms with Gasteiger partial charge in [0, 0.05) is 12.6 Å². The molecule has 76 valence electrons. The molecule has 1 heterocycles. The Balaban J connectivity index is 1.84. The highest BCUT2D eigenvalue weighted by Gasteiger charge is 2.26. The molecular formula is C11H22N2. The number of piperidine rings is 1. The summed E-state index contributed by atoms with van der Waals surface area (Å²) >= 11 is 0. The molecule has 1 aliphatic heterocycles. The molecular weight excluding hydrogens is 160 g/mol. The van der Waals surface area contributed by atoms with Crippen molar-refractivity contribution in [3.05, 3.63) is 0 Å². The van der Waals surface area contributed by atoms with E-state index in [2.05, 4.69) is 4.90 Å². The SMILES string of the molecule is NC[C@@H]1CCCN(C2CCCC2)C1. The van der Waals surface area contributed by atoms with E-state index in [1.54, 1.807) is 0 Å². The van der Waals surface area contributed by atoms with Crippen LogP contribution in [0.2, 0.25) is 0 Å². The lowest BCUT2D eigenvalue weighted by atomic mass is 9.96. The van der Waals surface area contributed by atoms with E-state index in [0.29, 0.717) is 0 Å². The number of hydrogen-bond acceptors (Lipinski definition) is 2. The fourth-order valence-electron chi connectivity index (χ4n) is 2.89. The Morgan fingerprint density at radius 2 is 1.85 bits per heavy atom. The minimum atomic E-state index is 0.786. The summed E-state index contributed by atoms with van der Waals surface area (Å²) in [5.74, 6) is 0.786. The predicted molar refractivity (Wildman–Crippen MR) is 55.6 cm³/mol. The molecule has 0 aromatic carbocycles. The molecule has 2 N–H and O–H groups in total. The Morgan fingerprint density at radius 1 is 1.08 bits per heavy atom. The van der Waals surface area contributed by atoms with Crippen molar-refractivity contribution in [1.82, 2.24) is 4.90 Å². The van der Waals surface area contributed by atoms with Gasteiger partial charge in [0.2, 0.25) is 0 Å². The van der Waals surface area contributed by atoms with Crippen molar-refractivity contribution in [2.24, 2.45) is 11.7 Å². The van der Waals surface area contributed by atoms with Gasteiger partial charge in [-0.15, -0.1) is 0 Å². The summed E-state index contributed by atoms with van der Waals surface area (Å²) in [5.41, 5.74) is 5.74. The van der Waals surface area contributed by atoms with E-state index in [0.717, 1.165) is 18.5 Å². The number of nitrogens with two attached hydrogens (primary N) is 1. The average Bonchev–Trinajstić information content (AvgIpc) is 2.71. The van der Waals surface area contributed by atoms with Crippen LogP contribution in [0.3, 0.4) is 0 Å². The van der Waals surface area contributed by atoms with E-state index in [1.165, 1.54) is 51.6 Å². The summed E-state index contributed by atoms with van der Waals surface area (Å²) in [6.45, 7) is 3.51. The Morgan fingerprint density at radius 3 is 2.54 bits per heavy atom. The molecule has 0 spiro atoms. The maximum Gasteiger partial charge on any atom is 0.00953 e. The first-order valence-corrected chi connectivity index (χ1v) is 5.84. The van der Waals surface area contributed by atoms with Crippen molar-refractivity contribution < 1.29 is 0 Å². The van der Waals surface area contributed by atoms with Crippen molar-refractivity contribution in [2.45, 2.75) is 44.6 Å². The summed E-state index contributed by atoms with van der Waals surface area (Å²) in [5, 5.41) is 0. The molecule has 2 aliphatic rings. The van der Waals surface area contributed by atoms with Gasteiger partial charge in [-0.25, -0.2) is 0 Å². The van der Waals surface area contributed by atoms with Gasteiger partial charge in [0.25, 0.3) is 0 Å². The van der Waals surface area contributed by atoms with Crippen molar-refractivity contribution in [2.75, 3.05) is 19.6 Å². The summed E-state index contributed by atoms with van der Waals surface area (Å²) < 4.78 is 0. The smallest absolute Gasteiger partial charge is 0.00953 e. The van der Waals surface area contributed by atoms with Crippen molar-refractivity contribution in [1.29, 1.82) is 0 Å². The lowest BCUT2D eigenvalue weighted by molar-refractivity contribution is 0.128. The van der Waals surface area contributed by atoms with Crippen LogP contribution in [0.25, 0.3) is 0 Å². The number of rotatable bonds is 2. The van der Waals surface area contributed by atoms with E-state index in [1.807, 2.05) is 0 Å². The standard InChI is InChI=1S/C11H22N2/c12-8-10-4-3-7-13(9-10)11-5-1-2-6-11/h10-11H,1-9,12H2/t10-/m0/s1. The molecule has 2 fully saturated rings. The Bertz CT molecular complexity index is 152. The third-order valence-corrected chi connectivity index (χ3v) is 3.72. The second-order valence-electron chi connectivity index (χ2n) is 4.68. The first-order chi connectivity index (χ1) is 6.40. The molecule has 2 heteroatoms. The predicted octanol–water partition coefficient (Wildman–Crippen LogP) is 1.60. The summed E-state index contributed by atoms with van der Waals surface area (Å²) in [7, 11) is 0. The van der Waals surface area contributed by atoms with Crippen molar-refractivity contribution in [3.63, 3.8) is 0 Å². The molecule has 0 unspecified atom stereocenters. The van der Waals surface area contributed by atoms with Gasteiger partial charge >= 0.3 is 0 Å². The summed E-state index contributed by atoms with van der Waals surface area (Å²) in [6, 6.07) is 0.911. The maximum absolute atomic E-state index is 5.74. The molecule has 0 radical (unpaired) electrons. The minimum absolute atomic E-state index is 0.786. The summed E-state index contributed by atoms with van der Waals surface area (Å²) in [6.07, 6.45) is 8.52. The van der Waals surface area contributed by atoms with Gasteiger partial charge in [0.15, 0.2) is 0 Å². The zero-order chi connectivity index (χ0) is 9.10. The molecule has 1 aliphatic carbocycles. The molecule has 1 atom stereocenters. The normalized spacial score (nSPS) is 32.5. The molecule has 0 bridgehead atoms. The van der Waals surface area contributed by atoms with E-state index < -0.39 is 0 Å². The van der Waals surface area contributed by atoms with Gasteiger partial charge in [0.05, 0.1) is 0 Å². The quantitative estimate of drug-likeness (QED) is 0.703. The van der Waals surface area contributed by atoms with E-state index in [9.17, 15) is 0 Å². The van der Waals surface area contributed by atoms with Gasteiger partial charge < -0.3 is 10.6 Å². The molecule has 0 aromatic rings. The van der Waals surface area contributed by atoms with Crippen LogP contribution in [0, 0.1) is 5.92 Å². The minimum Gasteiger partial charge on any atom is -0.330 e. The molecule has 13 heavy (non-hydrogen) atoms. The molecule has 2 rings (SSSR count). The van der Waals surface area contributed by atoms with Crippen LogP contribution < -0.4 is 5.73 Å².